The van der Waals surface area contributed by atoms with Gasteiger partial charge in [-0.05, 0) is 51.1 Å². The van der Waals surface area contributed by atoms with E-state index in [1.165, 1.54) is 25.4 Å². The van der Waals surface area contributed by atoms with Crippen LogP contribution >= 0.6 is 0 Å². The number of carbonyl (C=O) groups is 2. The Morgan fingerprint density at radius 3 is 2.37 bits per heavy atom. The second-order valence-corrected chi connectivity index (χ2v) is 8.42. The number of carbonyl (C=O) groups excluding carboxylic acids is 2. The zero-order chi connectivity index (χ0) is 25.4. The highest BCUT2D eigenvalue weighted by Crippen LogP contribution is 2.28. The minimum atomic E-state index is -0.505. The monoisotopic (exact) mass is 484 g/mol. The summed E-state index contributed by atoms with van der Waals surface area (Å²) in [6.07, 6.45) is 4.70. The number of nitrogens with one attached hydrogen (secondary N) is 1. The van der Waals surface area contributed by atoms with Crippen LogP contribution in [0.15, 0.2) is 48.4 Å². The van der Waals surface area contributed by atoms with E-state index in [1.54, 1.807) is 25.3 Å². The lowest BCUT2D eigenvalue weighted by Crippen LogP contribution is -2.19. The number of anilines is 1. The molecule has 1 unspecified atom stereocenters. The SMILES string of the molecule is COC[C@H](C)Oc1cc(O[C@@H](C)CC2=CCC(C)O2)cc(C(=O)Nc2ccc(C(=O)OC)cn2)c1. The van der Waals surface area contributed by atoms with Gasteiger partial charge in [0.2, 0.25) is 0 Å². The smallest absolute Gasteiger partial charge is 0.339 e. The highest BCUT2D eigenvalue weighted by atomic mass is 16.5. The largest absolute Gasteiger partial charge is 0.495 e. The van der Waals surface area contributed by atoms with Crippen molar-refractivity contribution >= 4 is 17.7 Å². The fourth-order valence-electron chi connectivity index (χ4n) is 3.58. The van der Waals surface area contributed by atoms with Crippen molar-refractivity contribution in [1.29, 1.82) is 0 Å². The molecule has 2 heterocycles. The molecule has 3 rings (SSSR count). The minimum absolute atomic E-state index is 0.179. The van der Waals surface area contributed by atoms with Crippen molar-refractivity contribution in [2.75, 3.05) is 26.1 Å². The normalized spacial score (nSPS) is 16.5. The summed E-state index contributed by atoms with van der Waals surface area (Å²) in [6, 6.07) is 8.08. The molecular weight excluding hydrogens is 452 g/mol. The number of hydrogen-bond donors (Lipinski definition) is 1. The molecule has 2 aromatic rings. The Morgan fingerprint density at radius 1 is 1.09 bits per heavy atom. The van der Waals surface area contributed by atoms with Gasteiger partial charge < -0.3 is 29.0 Å². The van der Waals surface area contributed by atoms with Crippen molar-refractivity contribution in [2.24, 2.45) is 0 Å². The first-order valence-corrected chi connectivity index (χ1v) is 11.5. The molecule has 0 spiro atoms. The Hall–Kier alpha value is -3.59. The van der Waals surface area contributed by atoms with Gasteiger partial charge >= 0.3 is 5.97 Å². The van der Waals surface area contributed by atoms with Gasteiger partial charge in [-0.2, -0.15) is 0 Å². The van der Waals surface area contributed by atoms with Crippen LogP contribution < -0.4 is 14.8 Å². The number of amides is 1. The van der Waals surface area contributed by atoms with E-state index in [2.05, 4.69) is 21.1 Å². The van der Waals surface area contributed by atoms with Gasteiger partial charge in [0.1, 0.15) is 29.5 Å². The molecule has 0 bridgehead atoms. The van der Waals surface area contributed by atoms with Crippen LogP contribution in [0.4, 0.5) is 5.82 Å². The van der Waals surface area contributed by atoms with Gasteiger partial charge in [0.05, 0.1) is 31.1 Å². The topological polar surface area (TPSA) is 105 Å². The standard InChI is InChI=1S/C26H32N2O7/c1-16-6-8-21(33-16)10-17(2)34-22-11-20(12-23(13-22)35-18(3)15-31-4)25(29)28-24-9-7-19(14-27-24)26(30)32-5/h7-9,11-14,16-18H,6,10,15H2,1-5H3,(H,27,28,29)/t16?,17-,18-/m0/s1. The molecule has 0 saturated heterocycles. The summed E-state index contributed by atoms with van der Waals surface area (Å²) < 4.78 is 27.6. The van der Waals surface area contributed by atoms with Crippen LogP contribution in [0, 0.1) is 0 Å². The number of rotatable bonds is 11. The van der Waals surface area contributed by atoms with Crippen molar-refractivity contribution in [3.05, 3.63) is 59.5 Å². The van der Waals surface area contributed by atoms with Crippen molar-refractivity contribution in [1.82, 2.24) is 4.98 Å². The number of benzene rings is 1. The fourth-order valence-corrected chi connectivity index (χ4v) is 3.58. The predicted molar refractivity (Wildman–Crippen MR) is 130 cm³/mol. The first kappa shape index (κ1) is 26.0. The summed E-state index contributed by atoms with van der Waals surface area (Å²) in [5.74, 6) is 1.26. The molecule has 1 aromatic carbocycles. The summed E-state index contributed by atoms with van der Waals surface area (Å²) in [4.78, 5) is 28.7. The van der Waals surface area contributed by atoms with E-state index in [0.29, 0.717) is 30.1 Å². The molecule has 35 heavy (non-hydrogen) atoms. The first-order chi connectivity index (χ1) is 16.8. The Balaban J connectivity index is 1.76. The quantitative estimate of drug-likeness (QED) is 0.469. The van der Waals surface area contributed by atoms with Gasteiger partial charge in [0.25, 0.3) is 5.91 Å². The predicted octanol–water partition coefficient (Wildman–Crippen LogP) is 4.38. The maximum Gasteiger partial charge on any atom is 0.339 e. The van der Waals surface area contributed by atoms with Gasteiger partial charge in [0.15, 0.2) is 0 Å². The number of nitrogens with zero attached hydrogens (tertiary/aromatic N) is 1. The van der Waals surface area contributed by atoms with Crippen LogP contribution in [0.1, 0.15) is 54.3 Å². The molecule has 1 aromatic heterocycles. The Labute approximate surface area is 205 Å². The molecule has 0 radical (unpaired) electrons. The molecule has 1 amide bonds. The van der Waals surface area contributed by atoms with Gasteiger partial charge in [-0.1, -0.05) is 0 Å². The maximum atomic E-state index is 13.0. The number of esters is 1. The van der Waals surface area contributed by atoms with Crippen LogP contribution in [0.25, 0.3) is 0 Å². The second kappa shape index (κ2) is 12.2. The van der Waals surface area contributed by atoms with Crippen LogP contribution in [0.3, 0.4) is 0 Å². The third-order valence-corrected chi connectivity index (χ3v) is 5.16. The van der Waals surface area contributed by atoms with Crippen molar-refractivity contribution < 1.29 is 33.3 Å². The summed E-state index contributed by atoms with van der Waals surface area (Å²) in [5.41, 5.74) is 0.617. The number of methoxy groups -OCH3 is 2. The fraction of sp³-hybridized carbons (Fsp3) is 0.423. The second-order valence-electron chi connectivity index (χ2n) is 8.42. The molecule has 3 atom stereocenters. The highest BCUT2D eigenvalue weighted by molar-refractivity contribution is 6.04. The van der Waals surface area contributed by atoms with E-state index in [1.807, 2.05) is 20.8 Å². The van der Waals surface area contributed by atoms with Crippen LogP contribution in [0.5, 0.6) is 11.5 Å². The van der Waals surface area contributed by atoms with E-state index in [0.717, 1.165) is 12.2 Å². The summed E-state index contributed by atoms with van der Waals surface area (Å²) >= 11 is 0. The van der Waals surface area contributed by atoms with Crippen molar-refractivity contribution in [2.45, 2.75) is 51.9 Å². The molecule has 0 saturated carbocycles. The van der Waals surface area contributed by atoms with E-state index >= 15 is 0 Å². The molecular formula is C26H32N2O7. The summed E-state index contributed by atoms with van der Waals surface area (Å²) in [6.45, 7) is 6.24. The third-order valence-electron chi connectivity index (χ3n) is 5.16. The number of hydrogen-bond acceptors (Lipinski definition) is 8. The maximum absolute atomic E-state index is 13.0. The Morgan fingerprint density at radius 2 is 1.80 bits per heavy atom. The number of aromatic nitrogens is 1. The summed E-state index contributed by atoms with van der Waals surface area (Å²) in [7, 11) is 2.89. The lowest BCUT2D eigenvalue weighted by atomic mass is 10.1. The average Bonchev–Trinajstić information content (AvgIpc) is 3.23. The number of ether oxygens (including phenoxy) is 5. The zero-order valence-electron chi connectivity index (χ0n) is 20.7. The van der Waals surface area contributed by atoms with Gasteiger partial charge in [-0.3, -0.25) is 4.79 Å². The third kappa shape index (κ3) is 7.71. The van der Waals surface area contributed by atoms with Crippen molar-refractivity contribution in [3.8, 4) is 11.5 Å². The van der Waals surface area contributed by atoms with Crippen LogP contribution in [-0.2, 0) is 14.2 Å². The molecule has 1 N–H and O–H groups in total. The van der Waals surface area contributed by atoms with E-state index < -0.39 is 11.9 Å². The zero-order valence-corrected chi connectivity index (χ0v) is 20.7. The molecule has 188 valence electrons. The summed E-state index contributed by atoms with van der Waals surface area (Å²) in [5, 5.41) is 2.73. The van der Waals surface area contributed by atoms with Crippen molar-refractivity contribution in [3.63, 3.8) is 0 Å². The molecule has 1 aliphatic heterocycles. The average molecular weight is 485 g/mol. The molecule has 9 nitrogen and oxygen atoms in total. The Kier molecular flexibility index (Phi) is 9.08. The van der Waals surface area contributed by atoms with Gasteiger partial charge in [-0.15, -0.1) is 0 Å². The van der Waals surface area contributed by atoms with Crippen LogP contribution in [-0.4, -0.2) is 56.0 Å². The van der Waals surface area contributed by atoms with Gasteiger partial charge in [0, 0.05) is 37.8 Å². The van der Waals surface area contributed by atoms with Gasteiger partial charge in [-0.25, -0.2) is 9.78 Å². The van der Waals surface area contributed by atoms with E-state index in [4.69, 9.17) is 18.9 Å². The lowest BCUT2D eigenvalue weighted by Gasteiger charge is -2.19. The first-order valence-electron chi connectivity index (χ1n) is 11.5. The molecule has 1 aliphatic rings. The molecule has 0 fully saturated rings. The molecule has 9 heteroatoms. The minimum Gasteiger partial charge on any atom is -0.495 e. The number of pyridine rings is 1. The highest BCUT2D eigenvalue weighted by Gasteiger charge is 2.19. The van der Waals surface area contributed by atoms with E-state index in [9.17, 15) is 9.59 Å². The van der Waals surface area contributed by atoms with Crippen LogP contribution in [0.2, 0.25) is 0 Å². The Bertz CT molecular complexity index is 1050. The lowest BCUT2D eigenvalue weighted by molar-refractivity contribution is 0.0600. The molecule has 0 aliphatic carbocycles. The van der Waals surface area contributed by atoms with E-state index in [-0.39, 0.29) is 29.7 Å².